The Morgan fingerprint density at radius 1 is 1.56 bits per heavy atom. The summed E-state index contributed by atoms with van der Waals surface area (Å²) in [6, 6.07) is 2.96. The van der Waals surface area contributed by atoms with Gasteiger partial charge in [-0.1, -0.05) is 0 Å². The topological polar surface area (TPSA) is 81.0 Å². The maximum Gasteiger partial charge on any atom is 0.311 e. The van der Waals surface area contributed by atoms with E-state index in [-0.39, 0.29) is 11.5 Å². The molecule has 0 saturated heterocycles. The third kappa shape index (κ3) is 2.31. The monoisotopic (exact) mass is 236 g/mol. The average Bonchev–Trinajstić information content (AvgIpc) is 2.79. The fourth-order valence-electron chi connectivity index (χ4n) is 1.18. The number of nitro groups is 1. The second-order valence-electron chi connectivity index (χ2n) is 2.95. The van der Waals surface area contributed by atoms with E-state index in [0.717, 1.165) is 4.88 Å². The summed E-state index contributed by atoms with van der Waals surface area (Å²) in [4.78, 5) is 19.1. The molecule has 16 heavy (non-hydrogen) atoms. The van der Waals surface area contributed by atoms with E-state index in [0.29, 0.717) is 6.54 Å². The van der Waals surface area contributed by atoms with Crippen LogP contribution < -0.4 is 5.32 Å². The average molecular weight is 236 g/mol. The van der Waals surface area contributed by atoms with Gasteiger partial charge in [-0.2, -0.15) is 0 Å². The lowest BCUT2D eigenvalue weighted by molar-refractivity contribution is -0.384. The molecule has 7 heteroatoms. The first-order valence-corrected chi connectivity index (χ1v) is 5.36. The molecular weight excluding hydrogens is 228 g/mol. The summed E-state index contributed by atoms with van der Waals surface area (Å²) in [6.45, 7) is 0.489. The predicted octanol–water partition coefficient (Wildman–Crippen LogP) is 2.06. The van der Waals surface area contributed by atoms with Crippen LogP contribution in [0.15, 0.2) is 30.0 Å². The third-order valence-electron chi connectivity index (χ3n) is 1.90. The van der Waals surface area contributed by atoms with Crippen LogP contribution in [0.4, 0.5) is 11.5 Å². The van der Waals surface area contributed by atoms with Gasteiger partial charge in [0.2, 0.25) is 5.82 Å². The molecule has 0 aliphatic carbocycles. The number of pyridine rings is 1. The van der Waals surface area contributed by atoms with Crippen LogP contribution in [0, 0.1) is 10.1 Å². The van der Waals surface area contributed by atoms with E-state index < -0.39 is 4.92 Å². The lowest BCUT2D eigenvalue weighted by Crippen LogP contribution is -2.03. The molecule has 0 aliphatic rings. The van der Waals surface area contributed by atoms with E-state index in [1.54, 1.807) is 11.7 Å². The molecule has 2 heterocycles. The molecule has 0 radical (unpaired) electrons. The molecule has 0 aromatic carbocycles. The van der Waals surface area contributed by atoms with Crippen molar-refractivity contribution in [2.24, 2.45) is 0 Å². The second kappa shape index (κ2) is 4.67. The molecule has 1 N–H and O–H groups in total. The van der Waals surface area contributed by atoms with Crippen molar-refractivity contribution in [3.8, 4) is 0 Å². The maximum atomic E-state index is 10.7. The molecule has 0 spiro atoms. The molecule has 0 atom stereocenters. The summed E-state index contributed by atoms with van der Waals surface area (Å²) < 4.78 is 0. The van der Waals surface area contributed by atoms with Crippen LogP contribution in [0.25, 0.3) is 0 Å². The van der Waals surface area contributed by atoms with Crippen LogP contribution in [0.1, 0.15) is 4.88 Å². The lowest BCUT2D eigenvalue weighted by Gasteiger charge is -2.03. The first kappa shape index (κ1) is 10.5. The summed E-state index contributed by atoms with van der Waals surface area (Å²) in [5.74, 6) is 0.279. The van der Waals surface area contributed by atoms with Crippen molar-refractivity contribution in [1.82, 2.24) is 9.97 Å². The molecule has 0 unspecified atom stereocenters. The van der Waals surface area contributed by atoms with E-state index in [1.807, 2.05) is 0 Å². The molecule has 2 rings (SSSR count). The van der Waals surface area contributed by atoms with Crippen molar-refractivity contribution in [3.63, 3.8) is 0 Å². The number of thiazole rings is 1. The lowest BCUT2D eigenvalue weighted by atomic mass is 10.4. The highest BCUT2D eigenvalue weighted by atomic mass is 32.1. The Labute approximate surface area is 95.1 Å². The minimum Gasteiger partial charge on any atom is -0.359 e. The Kier molecular flexibility index (Phi) is 3.06. The van der Waals surface area contributed by atoms with Crippen molar-refractivity contribution in [2.75, 3.05) is 5.32 Å². The number of nitrogens with zero attached hydrogens (tertiary/aromatic N) is 3. The Morgan fingerprint density at radius 3 is 3.12 bits per heavy atom. The smallest absolute Gasteiger partial charge is 0.311 e. The van der Waals surface area contributed by atoms with Crippen LogP contribution in [0.3, 0.4) is 0 Å². The van der Waals surface area contributed by atoms with E-state index in [2.05, 4.69) is 15.3 Å². The summed E-state index contributed by atoms with van der Waals surface area (Å²) in [6.07, 6.45) is 3.23. The van der Waals surface area contributed by atoms with Gasteiger partial charge in [0, 0.05) is 23.3 Å². The molecule has 0 aliphatic heterocycles. The van der Waals surface area contributed by atoms with Gasteiger partial charge in [-0.15, -0.1) is 11.3 Å². The number of hydrogen-bond donors (Lipinski definition) is 1. The molecule has 2 aromatic rings. The van der Waals surface area contributed by atoms with Crippen molar-refractivity contribution < 1.29 is 4.92 Å². The first-order chi connectivity index (χ1) is 7.77. The van der Waals surface area contributed by atoms with Crippen LogP contribution in [-0.2, 0) is 6.54 Å². The highest BCUT2D eigenvalue weighted by Gasteiger charge is 2.13. The first-order valence-electron chi connectivity index (χ1n) is 4.48. The van der Waals surface area contributed by atoms with E-state index in [1.165, 1.54) is 29.7 Å². The molecule has 82 valence electrons. The van der Waals surface area contributed by atoms with Crippen LogP contribution >= 0.6 is 11.3 Å². The molecule has 0 saturated carbocycles. The zero-order chi connectivity index (χ0) is 11.4. The van der Waals surface area contributed by atoms with E-state index in [9.17, 15) is 10.1 Å². The van der Waals surface area contributed by atoms with Gasteiger partial charge in [-0.25, -0.2) is 4.98 Å². The van der Waals surface area contributed by atoms with Gasteiger partial charge in [-0.3, -0.25) is 15.1 Å². The van der Waals surface area contributed by atoms with Gasteiger partial charge >= 0.3 is 5.69 Å². The Hall–Kier alpha value is -2.02. The van der Waals surface area contributed by atoms with Crippen molar-refractivity contribution >= 4 is 22.8 Å². The zero-order valence-corrected chi connectivity index (χ0v) is 8.98. The SMILES string of the molecule is O=[N+]([O-])c1cccnc1NCc1cncs1. The zero-order valence-electron chi connectivity index (χ0n) is 8.16. The van der Waals surface area contributed by atoms with Gasteiger partial charge in [0.05, 0.1) is 17.0 Å². The fraction of sp³-hybridized carbons (Fsp3) is 0.111. The normalized spacial score (nSPS) is 10.0. The van der Waals surface area contributed by atoms with Crippen LogP contribution in [-0.4, -0.2) is 14.9 Å². The predicted molar refractivity (Wildman–Crippen MR) is 60.3 cm³/mol. The number of aromatic nitrogens is 2. The third-order valence-corrected chi connectivity index (χ3v) is 2.68. The molecule has 0 bridgehead atoms. The summed E-state index contributed by atoms with van der Waals surface area (Å²) in [5.41, 5.74) is 1.69. The molecule has 0 fully saturated rings. The highest BCUT2D eigenvalue weighted by Crippen LogP contribution is 2.21. The van der Waals surface area contributed by atoms with Gasteiger partial charge < -0.3 is 5.32 Å². The van der Waals surface area contributed by atoms with Gasteiger partial charge in [0.25, 0.3) is 0 Å². The highest BCUT2D eigenvalue weighted by molar-refractivity contribution is 7.09. The largest absolute Gasteiger partial charge is 0.359 e. The van der Waals surface area contributed by atoms with Gasteiger partial charge in [-0.05, 0) is 6.07 Å². The quantitative estimate of drug-likeness (QED) is 0.649. The second-order valence-corrected chi connectivity index (χ2v) is 3.92. The number of anilines is 1. The molecule has 6 nitrogen and oxygen atoms in total. The Balaban J connectivity index is 2.12. The van der Waals surface area contributed by atoms with Crippen molar-refractivity contribution in [1.29, 1.82) is 0 Å². The number of nitrogens with one attached hydrogen (secondary N) is 1. The molecule has 0 amide bonds. The summed E-state index contributed by atoms with van der Waals surface area (Å²) >= 11 is 1.49. The van der Waals surface area contributed by atoms with Crippen LogP contribution in [0.5, 0.6) is 0 Å². The number of hydrogen-bond acceptors (Lipinski definition) is 6. The standard InChI is InChI=1S/C9H8N4O2S/c14-13(15)8-2-1-3-11-9(8)12-5-7-4-10-6-16-7/h1-4,6H,5H2,(H,11,12). The number of rotatable bonds is 4. The van der Waals surface area contributed by atoms with Gasteiger partial charge in [0.15, 0.2) is 0 Å². The van der Waals surface area contributed by atoms with Crippen molar-refractivity contribution in [2.45, 2.75) is 6.54 Å². The van der Waals surface area contributed by atoms with Crippen molar-refractivity contribution in [3.05, 3.63) is 45.0 Å². The Morgan fingerprint density at radius 2 is 2.44 bits per heavy atom. The molecule has 2 aromatic heterocycles. The van der Waals surface area contributed by atoms with Crippen LogP contribution in [0.2, 0.25) is 0 Å². The van der Waals surface area contributed by atoms with Gasteiger partial charge in [0.1, 0.15) is 0 Å². The minimum absolute atomic E-state index is 0.0213. The Bertz CT molecular complexity index is 486. The van der Waals surface area contributed by atoms with E-state index in [4.69, 9.17) is 0 Å². The summed E-state index contributed by atoms with van der Waals surface area (Å²) in [5, 5.41) is 13.6. The van der Waals surface area contributed by atoms with E-state index >= 15 is 0 Å². The maximum absolute atomic E-state index is 10.7. The molecular formula is C9H8N4O2S. The summed E-state index contributed by atoms with van der Waals surface area (Å²) in [7, 11) is 0. The fourth-order valence-corrected chi connectivity index (χ4v) is 1.71. The minimum atomic E-state index is -0.456.